The summed E-state index contributed by atoms with van der Waals surface area (Å²) >= 11 is 8.94. The number of halogens is 1. The summed E-state index contributed by atoms with van der Waals surface area (Å²) < 4.78 is 1.86. The molecule has 0 fully saturated rings. The second-order valence-electron chi connectivity index (χ2n) is 4.67. The molecule has 1 aromatic carbocycles. The Bertz CT molecular complexity index is 676. The standard InChI is InChI=1S/C14H13BrN2S/c1-8-5-6-9(7-11(8)15)13-16-12-4-2-3-10(12)14(18)17-13/h5-7H,2-4H2,1H3,(H,16,17,18). The average Bonchev–Trinajstić information content (AvgIpc) is 2.81. The smallest absolute Gasteiger partial charge is 0.139 e. The van der Waals surface area contributed by atoms with E-state index in [0.717, 1.165) is 33.3 Å². The molecule has 1 N–H and O–H groups in total. The summed E-state index contributed by atoms with van der Waals surface area (Å²) in [5.41, 5.74) is 4.80. The van der Waals surface area contributed by atoms with Crippen molar-refractivity contribution < 1.29 is 0 Å². The fourth-order valence-electron chi connectivity index (χ4n) is 2.33. The van der Waals surface area contributed by atoms with Crippen LogP contribution in [0.25, 0.3) is 11.4 Å². The maximum Gasteiger partial charge on any atom is 0.139 e. The lowest BCUT2D eigenvalue weighted by atomic mass is 10.1. The number of hydrogen-bond donors (Lipinski definition) is 1. The Balaban J connectivity index is 2.15. The zero-order chi connectivity index (χ0) is 12.7. The first-order chi connectivity index (χ1) is 8.65. The van der Waals surface area contributed by atoms with Gasteiger partial charge in [-0.2, -0.15) is 0 Å². The monoisotopic (exact) mass is 320 g/mol. The zero-order valence-corrected chi connectivity index (χ0v) is 12.5. The second kappa shape index (κ2) is 4.59. The minimum absolute atomic E-state index is 0.757. The van der Waals surface area contributed by atoms with Crippen LogP contribution in [0.2, 0.25) is 0 Å². The van der Waals surface area contributed by atoms with Gasteiger partial charge < -0.3 is 4.98 Å². The molecule has 1 aromatic heterocycles. The SMILES string of the molecule is Cc1ccc(-c2nc(=S)c3c([nH]2)CCC3)cc1Br. The molecule has 18 heavy (non-hydrogen) atoms. The van der Waals surface area contributed by atoms with Gasteiger partial charge in [0.2, 0.25) is 0 Å². The highest BCUT2D eigenvalue weighted by molar-refractivity contribution is 9.10. The first kappa shape index (κ1) is 12.1. The average molecular weight is 321 g/mol. The molecule has 0 saturated heterocycles. The minimum atomic E-state index is 0.757. The highest BCUT2D eigenvalue weighted by Crippen LogP contribution is 2.26. The molecule has 3 rings (SSSR count). The van der Waals surface area contributed by atoms with Gasteiger partial charge in [-0.25, -0.2) is 4.98 Å². The third-order valence-electron chi connectivity index (χ3n) is 3.40. The molecular formula is C14H13BrN2S. The van der Waals surface area contributed by atoms with Gasteiger partial charge in [-0.3, -0.25) is 0 Å². The lowest BCUT2D eigenvalue weighted by Gasteiger charge is -2.07. The van der Waals surface area contributed by atoms with Crippen LogP contribution in [-0.2, 0) is 12.8 Å². The van der Waals surface area contributed by atoms with Crippen molar-refractivity contribution in [1.82, 2.24) is 9.97 Å². The molecule has 0 atom stereocenters. The van der Waals surface area contributed by atoms with Crippen molar-refractivity contribution in [2.24, 2.45) is 0 Å². The number of benzene rings is 1. The Hall–Kier alpha value is -1.00. The third-order valence-corrected chi connectivity index (χ3v) is 4.60. The van der Waals surface area contributed by atoms with Gasteiger partial charge in [-0.1, -0.05) is 40.3 Å². The van der Waals surface area contributed by atoms with Gasteiger partial charge >= 0.3 is 0 Å². The van der Waals surface area contributed by atoms with E-state index < -0.39 is 0 Å². The van der Waals surface area contributed by atoms with E-state index in [2.05, 4.69) is 51.0 Å². The van der Waals surface area contributed by atoms with Crippen LogP contribution >= 0.6 is 28.1 Å². The van der Waals surface area contributed by atoms with Crippen LogP contribution in [-0.4, -0.2) is 9.97 Å². The fourth-order valence-corrected chi connectivity index (χ4v) is 3.03. The van der Waals surface area contributed by atoms with Gasteiger partial charge in [0.15, 0.2) is 0 Å². The quantitative estimate of drug-likeness (QED) is 0.790. The van der Waals surface area contributed by atoms with Crippen LogP contribution in [0.1, 0.15) is 23.2 Å². The summed E-state index contributed by atoms with van der Waals surface area (Å²) in [4.78, 5) is 7.95. The number of nitrogens with one attached hydrogen (secondary N) is 1. The van der Waals surface area contributed by atoms with Crippen LogP contribution < -0.4 is 0 Å². The summed E-state index contributed by atoms with van der Waals surface area (Å²) in [5, 5.41) is 0. The van der Waals surface area contributed by atoms with Gasteiger partial charge in [-0.15, -0.1) is 0 Å². The normalized spacial score (nSPS) is 13.7. The van der Waals surface area contributed by atoms with E-state index >= 15 is 0 Å². The predicted molar refractivity (Wildman–Crippen MR) is 79.3 cm³/mol. The largest absolute Gasteiger partial charge is 0.343 e. The molecule has 0 amide bonds. The van der Waals surface area contributed by atoms with Gasteiger partial charge in [0.05, 0.1) is 0 Å². The number of fused-ring (bicyclic) bond motifs is 1. The Morgan fingerprint density at radius 3 is 2.94 bits per heavy atom. The van der Waals surface area contributed by atoms with E-state index in [1.54, 1.807) is 0 Å². The Morgan fingerprint density at radius 2 is 2.17 bits per heavy atom. The van der Waals surface area contributed by atoms with E-state index in [-0.39, 0.29) is 0 Å². The summed E-state index contributed by atoms with van der Waals surface area (Å²) in [6.07, 6.45) is 3.33. The van der Waals surface area contributed by atoms with Crippen molar-refractivity contribution in [3.8, 4) is 11.4 Å². The van der Waals surface area contributed by atoms with Crippen molar-refractivity contribution in [3.05, 3.63) is 44.1 Å². The molecule has 0 saturated carbocycles. The molecule has 1 heterocycles. The molecule has 1 aliphatic carbocycles. The number of aromatic amines is 1. The summed E-state index contributed by atoms with van der Waals surface area (Å²) in [6.45, 7) is 2.08. The number of nitrogens with zero attached hydrogens (tertiary/aromatic N) is 1. The minimum Gasteiger partial charge on any atom is -0.343 e. The first-order valence-electron chi connectivity index (χ1n) is 6.04. The Kier molecular flexibility index (Phi) is 3.08. The van der Waals surface area contributed by atoms with Crippen molar-refractivity contribution in [3.63, 3.8) is 0 Å². The van der Waals surface area contributed by atoms with Gasteiger partial charge in [0.25, 0.3) is 0 Å². The molecule has 0 spiro atoms. The van der Waals surface area contributed by atoms with Gasteiger partial charge in [-0.05, 0) is 37.8 Å². The first-order valence-corrected chi connectivity index (χ1v) is 7.24. The molecule has 92 valence electrons. The van der Waals surface area contributed by atoms with Gasteiger partial charge in [0.1, 0.15) is 10.5 Å². The molecule has 4 heteroatoms. The molecule has 2 aromatic rings. The van der Waals surface area contributed by atoms with Crippen LogP contribution in [0.15, 0.2) is 22.7 Å². The molecule has 1 aliphatic rings. The number of aromatic nitrogens is 2. The van der Waals surface area contributed by atoms with E-state index in [0.29, 0.717) is 0 Å². The highest BCUT2D eigenvalue weighted by Gasteiger charge is 2.15. The molecule has 2 nitrogen and oxygen atoms in total. The Morgan fingerprint density at radius 1 is 1.33 bits per heavy atom. The molecule has 0 unspecified atom stereocenters. The van der Waals surface area contributed by atoms with E-state index in [4.69, 9.17) is 12.2 Å². The van der Waals surface area contributed by atoms with Crippen LogP contribution in [0, 0.1) is 11.6 Å². The lowest BCUT2D eigenvalue weighted by Crippen LogP contribution is -1.97. The molecule has 0 bridgehead atoms. The predicted octanol–water partition coefficient (Wildman–Crippen LogP) is 4.37. The second-order valence-corrected chi connectivity index (χ2v) is 5.91. The van der Waals surface area contributed by atoms with Crippen LogP contribution in [0.4, 0.5) is 0 Å². The lowest BCUT2D eigenvalue weighted by molar-refractivity contribution is 0.899. The van der Waals surface area contributed by atoms with E-state index in [1.807, 2.05) is 0 Å². The summed E-state index contributed by atoms with van der Waals surface area (Å²) in [7, 11) is 0. The maximum absolute atomic E-state index is 5.38. The fraction of sp³-hybridized carbons (Fsp3) is 0.286. The molecule has 0 radical (unpaired) electrons. The highest BCUT2D eigenvalue weighted by atomic mass is 79.9. The third kappa shape index (κ3) is 2.04. The topological polar surface area (TPSA) is 28.7 Å². The van der Waals surface area contributed by atoms with Crippen LogP contribution in [0.5, 0.6) is 0 Å². The summed E-state index contributed by atoms with van der Waals surface area (Å²) in [6, 6.07) is 6.25. The number of hydrogen-bond acceptors (Lipinski definition) is 2. The van der Waals surface area contributed by atoms with Crippen molar-refractivity contribution in [2.75, 3.05) is 0 Å². The number of rotatable bonds is 1. The van der Waals surface area contributed by atoms with E-state index in [9.17, 15) is 0 Å². The Labute approximate surface area is 120 Å². The zero-order valence-electron chi connectivity index (χ0n) is 10.1. The van der Waals surface area contributed by atoms with Crippen molar-refractivity contribution in [1.29, 1.82) is 0 Å². The maximum atomic E-state index is 5.38. The molecular weight excluding hydrogens is 308 g/mol. The number of aryl methyl sites for hydroxylation is 2. The van der Waals surface area contributed by atoms with E-state index in [1.165, 1.54) is 23.2 Å². The van der Waals surface area contributed by atoms with Gasteiger partial charge in [0, 0.05) is 21.3 Å². The summed E-state index contributed by atoms with van der Waals surface area (Å²) in [5.74, 6) is 0.876. The van der Waals surface area contributed by atoms with Crippen molar-refractivity contribution in [2.45, 2.75) is 26.2 Å². The molecule has 0 aliphatic heterocycles. The van der Waals surface area contributed by atoms with Crippen LogP contribution in [0.3, 0.4) is 0 Å². The number of H-pyrrole nitrogens is 1. The van der Waals surface area contributed by atoms with Crippen molar-refractivity contribution >= 4 is 28.1 Å².